The Balaban J connectivity index is 2.07. The summed E-state index contributed by atoms with van der Waals surface area (Å²) in [5, 5.41) is 9.79. The molecule has 2 atom stereocenters. The number of aliphatic hydroxyl groups is 1. The first-order valence-electron chi connectivity index (χ1n) is 5.81. The molecule has 1 N–H and O–H groups in total. The average Bonchev–Trinajstić information content (AvgIpc) is 2.33. The smallest absolute Gasteiger partial charge is 0.148 e. The van der Waals surface area contributed by atoms with Gasteiger partial charge in [-0.05, 0) is 18.1 Å². The molecule has 2 unspecified atom stereocenters. The third kappa shape index (κ3) is 2.54. The van der Waals surface area contributed by atoms with Gasteiger partial charge in [-0.3, -0.25) is 0 Å². The van der Waals surface area contributed by atoms with Crippen LogP contribution < -0.4 is 4.74 Å². The molecule has 2 rings (SSSR count). The zero-order valence-corrected chi connectivity index (χ0v) is 9.56. The van der Waals surface area contributed by atoms with Crippen LogP contribution in [0, 0.1) is 0 Å². The van der Waals surface area contributed by atoms with Crippen molar-refractivity contribution in [2.45, 2.75) is 32.0 Å². The van der Waals surface area contributed by atoms with Crippen molar-refractivity contribution in [3.63, 3.8) is 0 Å². The van der Waals surface area contributed by atoms with E-state index in [0.717, 1.165) is 12.2 Å². The van der Waals surface area contributed by atoms with Gasteiger partial charge >= 0.3 is 0 Å². The first-order valence-corrected chi connectivity index (χ1v) is 5.81. The van der Waals surface area contributed by atoms with Crippen LogP contribution in [-0.2, 0) is 11.2 Å². The SMILES string of the molecule is CCc1ccccc1OC1COCCC1O. The summed E-state index contributed by atoms with van der Waals surface area (Å²) in [5.41, 5.74) is 1.17. The Morgan fingerprint density at radius 2 is 2.25 bits per heavy atom. The average molecular weight is 222 g/mol. The minimum Gasteiger partial charge on any atom is -0.485 e. The molecule has 1 aliphatic heterocycles. The predicted octanol–water partition coefficient (Wildman–Crippen LogP) is 1.78. The van der Waals surface area contributed by atoms with Crippen molar-refractivity contribution in [2.24, 2.45) is 0 Å². The first-order chi connectivity index (χ1) is 7.81. The summed E-state index contributed by atoms with van der Waals surface area (Å²) in [6.45, 7) is 3.19. The highest BCUT2D eigenvalue weighted by Crippen LogP contribution is 2.22. The molecule has 88 valence electrons. The molecule has 0 amide bonds. The number of hydrogen-bond acceptors (Lipinski definition) is 3. The van der Waals surface area contributed by atoms with Crippen molar-refractivity contribution in [3.05, 3.63) is 29.8 Å². The largest absolute Gasteiger partial charge is 0.485 e. The van der Waals surface area contributed by atoms with Gasteiger partial charge in [0.05, 0.1) is 12.7 Å². The van der Waals surface area contributed by atoms with Crippen LogP contribution in [0.2, 0.25) is 0 Å². The van der Waals surface area contributed by atoms with Gasteiger partial charge in [-0.25, -0.2) is 0 Å². The highest BCUT2D eigenvalue weighted by Gasteiger charge is 2.25. The predicted molar refractivity (Wildman–Crippen MR) is 61.7 cm³/mol. The Hall–Kier alpha value is -1.06. The minimum atomic E-state index is -0.418. The van der Waals surface area contributed by atoms with Crippen molar-refractivity contribution < 1.29 is 14.6 Å². The van der Waals surface area contributed by atoms with Gasteiger partial charge in [0, 0.05) is 13.0 Å². The van der Waals surface area contributed by atoms with E-state index in [9.17, 15) is 5.11 Å². The third-order valence-corrected chi connectivity index (χ3v) is 2.90. The second-order valence-corrected chi connectivity index (χ2v) is 4.05. The maximum absolute atomic E-state index is 9.79. The van der Waals surface area contributed by atoms with Crippen molar-refractivity contribution in [3.8, 4) is 5.75 Å². The number of ether oxygens (including phenoxy) is 2. The number of benzene rings is 1. The molecule has 0 radical (unpaired) electrons. The summed E-state index contributed by atoms with van der Waals surface area (Å²) in [5.74, 6) is 0.861. The standard InChI is InChI=1S/C13H18O3/c1-2-10-5-3-4-6-12(10)16-13-9-15-8-7-11(13)14/h3-6,11,13-14H,2,7-9H2,1H3. The van der Waals surface area contributed by atoms with E-state index in [-0.39, 0.29) is 6.10 Å². The maximum Gasteiger partial charge on any atom is 0.148 e. The van der Waals surface area contributed by atoms with Crippen molar-refractivity contribution in [1.29, 1.82) is 0 Å². The summed E-state index contributed by atoms with van der Waals surface area (Å²) in [6.07, 6.45) is 0.929. The van der Waals surface area contributed by atoms with Crippen molar-refractivity contribution in [2.75, 3.05) is 13.2 Å². The molecule has 1 saturated heterocycles. The lowest BCUT2D eigenvalue weighted by Crippen LogP contribution is -2.41. The lowest BCUT2D eigenvalue weighted by atomic mass is 10.1. The molecule has 0 bridgehead atoms. The monoisotopic (exact) mass is 222 g/mol. The molecule has 1 heterocycles. The van der Waals surface area contributed by atoms with Gasteiger partial charge in [-0.2, -0.15) is 0 Å². The van der Waals surface area contributed by atoms with Gasteiger partial charge in [0.25, 0.3) is 0 Å². The van der Waals surface area contributed by atoms with E-state index in [1.807, 2.05) is 24.3 Å². The molecule has 0 aliphatic carbocycles. The van der Waals surface area contributed by atoms with Crippen LogP contribution in [-0.4, -0.2) is 30.5 Å². The van der Waals surface area contributed by atoms with Gasteiger partial charge in [0.1, 0.15) is 11.9 Å². The Morgan fingerprint density at radius 1 is 1.44 bits per heavy atom. The van der Waals surface area contributed by atoms with Gasteiger partial charge in [-0.1, -0.05) is 25.1 Å². The minimum absolute atomic E-state index is 0.235. The molecule has 1 aromatic rings. The van der Waals surface area contributed by atoms with E-state index in [2.05, 4.69) is 6.92 Å². The summed E-state index contributed by atoms with van der Waals surface area (Å²) in [7, 11) is 0. The summed E-state index contributed by atoms with van der Waals surface area (Å²) in [4.78, 5) is 0. The molecule has 3 heteroatoms. The Labute approximate surface area is 96.0 Å². The zero-order chi connectivity index (χ0) is 11.4. The number of aliphatic hydroxyl groups excluding tert-OH is 1. The summed E-state index contributed by atoms with van der Waals surface area (Å²) < 4.78 is 11.1. The summed E-state index contributed by atoms with van der Waals surface area (Å²) >= 11 is 0. The Morgan fingerprint density at radius 3 is 3.00 bits per heavy atom. The molecule has 1 aliphatic rings. The van der Waals surface area contributed by atoms with Gasteiger partial charge in [0.2, 0.25) is 0 Å². The Bertz CT molecular complexity index is 338. The molecule has 1 fully saturated rings. The van der Waals surface area contributed by atoms with Crippen LogP contribution in [0.5, 0.6) is 5.75 Å². The first kappa shape index (κ1) is 11.4. The fourth-order valence-electron chi connectivity index (χ4n) is 1.89. The Kier molecular flexibility index (Phi) is 3.80. The van der Waals surface area contributed by atoms with E-state index >= 15 is 0 Å². The van der Waals surface area contributed by atoms with E-state index in [0.29, 0.717) is 19.6 Å². The van der Waals surface area contributed by atoms with E-state index in [4.69, 9.17) is 9.47 Å². The highest BCUT2D eigenvalue weighted by molar-refractivity contribution is 5.33. The molecular weight excluding hydrogens is 204 g/mol. The molecule has 1 aromatic carbocycles. The van der Waals surface area contributed by atoms with Crippen molar-refractivity contribution in [1.82, 2.24) is 0 Å². The maximum atomic E-state index is 9.79. The zero-order valence-electron chi connectivity index (χ0n) is 9.56. The fraction of sp³-hybridized carbons (Fsp3) is 0.538. The highest BCUT2D eigenvalue weighted by atomic mass is 16.5. The van der Waals surface area contributed by atoms with Crippen LogP contribution in [0.4, 0.5) is 0 Å². The van der Waals surface area contributed by atoms with Crippen LogP contribution in [0.15, 0.2) is 24.3 Å². The molecular formula is C13H18O3. The molecule has 0 aromatic heterocycles. The van der Waals surface area contributed by atoms with Gasteiger partial charge < -0.3 is 14.6 Å². The van der Waals surface area contributed by atoms with Gasteiger partial charge in [-0.15, -0.1) is 0 Å². The van der Waals surface area contributed by atoms with Gasteiger partial charge in [0.15, 0.2) is 0 Å². The topological polar surface area (TPSA) is 38.7 Å². The fourth-order valence-corrected chi connectivity index (χ4v) is 1.89. The van der Waals surface area contributed by atoms with Crippen LogP contribution in [0.1, 0.15) is 18.9 Å². The van der Waals surface area contributed by atoms with Crippen molar-refractivity contribution >= 4 is 0 Å². The second-order valence-electron chi connectivity index (χ2n) is 4.05. The normalized spacial score (nSPS) is 25.4. The number of para-hydroxylation sites is 1. The number of hydrogen-bond donors (Lipinski definition) is 1. The van der Waals surface area contributed by atoms with E-state index in [1.54, 1.807) is 0 Å². The van der Waals surface area contributed by atoms with Crippen LogP contribution >= 0.6 is 0 Å². The molecule has 16 heavy (non-hydrogen) atoms. The lowest BCUT2D eigenvalue weighted by Gasteiger charge is -2.29. The molecule has 3 nitrogen and oxygen atoms in total. The molecule has 0 spiro atoms. The lowest BCUT2D eigenvalue weighted by molar-refractivity contribution is -0.0737. The second kappa shape index (κ2) is 5.32. The number of aryl methyl sites for hydroxylation is 1. The van der Waals surface area contributed by atoms with E-state index in [1.165, 1.54) is 5.56 Å². The third-order valence-electron chi connectivity index (χ3n) is 2.90. The summed E-state index contributed by atoms with van der Waals surface area (Å²) in [6, 6.07) is 7.94. The molecule has 0 saturated carbocycles. The quantitative estimate of drug-likeness (QED) is 0.847. The van der Waals surface area contributed by atoms with Crippen LogP contribution in [0.3, 0.4) is 0 Å². The number of rotatable bonds is 3. The van der Waals surface area contributed by atoms with E-state index < -0.39 is 6.10 Å². The van der Waals surface area contributed by atoms with Crippen LogP contribution in [0.25, 0.3) is 0 Å².